The zero-order chi connectivity index (χ0) is 36.7. The van der Waals surface area contributed by atoms with Crippen LogP contribution in [0.2, 0.25) is 0 Å². The van der Waals surface area contributed by atoms with E-state index in [4.69, 9.17) is 30.3 Å². The van der Waals surface area contributed by atoms with Crippen molar-refractivity contribution in [1.29, 1.82) is 0 Å². The van der Waals surface area contributed by atoms with E-state index >= 15 is 0 Å². The van der Waals surface area contributed by atoms with E-state index in [2.05, 4.69) is 4.98 Å². The van der Waals surface area contributed by atoms with Crippen LogP contribution in [0.3, 0.4) is 0 Å². The Bertz CT molecular complexity index is 1640. The zero-order valence-corrected chi connectivity index (χ0v) is 25.9. The van der Waals surface area contributed by atoms with Gasteiger partial charge in [0.1, 0.15) is 17.9 Å². The van der Waals surface area contributed by atoms with Gasteiger partial charge in [-0.25, -0.2) is 9.59 Å². The molecule has 49 heavy (non-hydrogen) atoms. The predicted octanol–water partition coefficient (Wildman–Crippen LogP) is 5.42. The summed E-state index contributed by atoms with van der Waals surface area (Å²) in [5, 5.41) is 25.0. The van der Waals surface area contributed by atoms with Crippen LogP contribution in [0.1, 0.15) is 48.9 Å². The molecule has 0 radical (unpaired) electrons. The van der Waals surface area contributed by atoms with Crippen molar-refractivity contribution >= 4 is 34.7 Å². The molecular weight excluding hydrogens is 668 g/mol. The first-order chi connectivity index (χ1) is 22.8. The lowest BCUT2D eigenvalue weighted by molar-refractivity contribution is -0.193. The summed E-state index contributed by atoms with van der Waals surface area (Å²) < 4.78 is 69.5. The number of hydrogen-bond donors (Lipinski definition) is 4. The van der Waals surface area contributed by atoms with Crippen molar-refractivity contribution in [3.8, 4) is 5.75 Å². The van der Waals surface area contributed by atoms with Gasteiger partial charge in [-0.05, 0) is 56.0 Å². The molecular formula is C32H33F6N3O8. The molecule has 1 saturated carbocycles. The van der Waals surface area contributed by atoms with Crippen molar-refractivity contribution in [3.63, 3.8) is 0 Å². The lowest BCUT2D eigenvalue weighted by atomic mass is 9.83. The lowest BCUT2D eigenvalue weighted by Crippen LogP contribution is -2.51. The van der Waals surface area contributed by atoms with E-state index in [1.54, 1.807) is 4.90 Å². The molecule has 1 amide bonds. The number of amides is 1. The van der Waals surface area contributed by atoms with Crippen LogP contribution in [0, 0.1) is 12.8 Å². The zero-order valence-electron chi connectivity index (χ0n) is 25.9. The molecule has 1 saturated heterocycles. The largest absolute Gasteiger partial charge is 0.490 e. The number of carboxylic acid groups (broad SMARTS) is 3. The molecule has 0 bridgehead atoms. The van der Waals surface area contributed by atoms with Gasteiger partial charge in [-0.2, -0.15) is 26.3 Å². The number of pyridine rings is 1. The quantitative estimate of drug-likeness (QED) is 0.243. The third kappa shape index (κ3) is 9.81. The first-order valence-corrected chi connectivity index (χ1v) is 14.8. The highest BCUT2D eigenvalue weighted by Gasteiger charge is 2.49. The molecule has 11 nitrogen and oxygen atoms in total. The highest BCUT2D eigenvalue weighted by molar-refractivity contribution is 5.90. The van der Waals surface area contributed by atoms with Crippen LogP contribution < -0.4 is 10.5 Å². The summed E-state index contributed by atoms with van der Waals surface area (Å²) in [4.78, 5) is 49.3. The van der Waals surface area contributed by atoms with Crippen LogP contribution in [0.25, 0.3) is 10.9 Å². The minimum Gasteiger partial charge on any atom is -0.489 e. The monoisotopic (exact) mass is 701 g/mol. The molecule has 17 heteroatoms. The molecule has 1 aliphatic heterocycles. The van der Waals surface area contributed by atoms with Gasteiger partial charge in [0.25, 0.3) is 0 Å². The Morgan fingerprint density at radius 1 is 0.939 bits per heavy atom. The van der Waals surface area contributed by atoms with Gasteiger partial charge in [-0.15, -0.1) is 0 Å². The van der Waals surface area contributed by atoms with E-state index in [1.165, 1.54) is 0 Å². The number of alkyl halides is 6. The summed E-state index contributed by atoms with van der Waals surface area (Å²) in [5.74, 6) is -6.34. The maximum atomic E-state index is 13.4. The number of nitrogens with two attached hydrogens (primary N) is 1. The molecule has 266 valence electrons. The van der Waals surface area contributed by atoms with Crippen molar-refractivity contribution < 1.29 is 65.6 Å². The van der Waals surface area contributed by atoms with Gasteiger partial charge in [0.2, 0.25) is 5.91 Å². The summed E-state index contributed by atoms with van der Waals surface area (Å²) in [7, 11) is 0. The number of hydrogen-bond acceptors (Lipinski definition) is 7. The van der Waals surface area contributed by atoms with Gasteiger partial charge in [0.15, 0.2) is 0 Å². The van der Waals surface area contributed by atoms with E-state index < -0.39 is 41.7 Å². The Kier molecular flexibility index (Phi) is 12.2. The topological polar surface area (TPSA) is 180 Å². The molecule has 1 aromatic heterocycles. The van der Waals surface area contributed by atoms with Crippen LogP contribution in [-0.2, 0) is 31.3 Å². The Balaban J connectivity index is 0.000000392. The molecule has 2 aromatic carbocycles. The third-order valence-corrected chi connectivity index (χ3v) is 8.02. The summed E-state index contributed by atoms with van der Waals surface area (Å²) in [5.41, 5.74) is 9.18. The molecule has 3 aromatic rings. The van der Waals surface area contributed by atoms with E-state index in [0.717, 1.165) is 40.6 Å². The first-order valence-electron chi connectivity index (χ1n) is 14.8. The summed E-state index contributed by atoms with van der Waals surface area (Å²) in [6.45, 7) is 2.86. The second kappa shape index (κ2) is 15.5. The fourth-order valence-electron chi connectivity index (χ4n) is 5.64. The molecule has 1 aliphatic carbocycles. The van der Waals surface area contributed by atoms with Crippen molar-refractivity contribution in [2.24, 2.45) is 11.7 Å². The van der Waals surface area contributed by atoms with Crippen LogP contribution in [-0.4, -0.2) is 74.0 Å². The number of carbonyl (C=O) groups is 4. The van der Waals surface area contributed by atoms with Gasteiger partial charge in [-0.3, -0.25) is 14.6 Å². The number of carbonyl (C=O) groups excluding carboxylic acids is 1. The predicted molar refractivity (Wildman–Crippen MR) is 160 cm³/mol. The van der Waals surface area contributed by atoms with E-state index in [1.807, 2.05) is 61.5 Å². The van der Waals surface area contributed by atoms with Gasteiger partial charge < -0.3 is 30.7 Å². The molecule has 2 heterocycles. The standard InChI is InChI=1S/C28H31N3O4.2C2HF3O2/c1-18-16-19(22-6-2-4-8-24(22)30-18)17-35-21-12-10-20(11-13-21)28(29)14-15-31(27(28)34)25-9-5-3-7-23(25)26(32)33;2*3-2(4,5)1(6)7/h2,4,6,8,10-13,16,23,25H,3,5,7,9,14-15,17,29H2,1H3,(H,32,33);2*(H,6,7)/t23-,25-,28?;;/m0../s1. The van der Waals surface area contributed by atoms with Crippen molar-refractivity contribution in [2.75, 3.05) is 6.54 Å². The highest BCUT2D eigenvalue weighted by Crippen LogP contribution is 2.38. The number of carboxylic acids is 3. The average Bonchev–Trinajstić information content (AvgIpc) is 3.34. The normalized spacial score (nSPS) is 20.8. The smallest absolute Gasteiger partial charge is 0.489 e. The molecule has 5 rings (SSSR count). The molecule has 3 atom stereocenters. The minimum absolute atomic E-state index is 0.178. The number of para-hydroxylation sites is 1. The number of rotatable bonds is 6. The number of nitrogens with zero attached hydrogens (tertiary/aromatic N) is 2. The van der Waals surface area contributed by atoms with Gasteiger partial charge in [-0.1, -0.05) is 43.2 Å². The number of likely N-dealkylation sites (tertiary alicyclic amines) is 1. The summed E-state index contributed by atoms with van der Waals surface area (Å²) in [6, 6.07) is 17.1. The Labute approximate surface area is 275 Å². The van der Waals surface area contributed by atoms with E-state index in [9.17, 15) is 41.0 Å². The Morgan fingerprint density at radius 2 is 1.49 bits per heavy atom. The number of halogens is 6. The minimum atomic E-state index is -5.08. The average molecular weight is 702 g/mol. The maximum absolute atomic E-state index is 13.4. The Hall–Kier alpha value is -4.93. The Morgan fingerprint density at radius 3 is 2.04 bits per heavy atom. The van der Waals surface area contributed by atoms with E-state index in [0.29, 0.717) is 38.2 Å². The number of fused-ring (bicyclic) bond motifs is 1. The van der Waals surface area contributed by atoms with Crippen molar-refractivity contribution in [3.05, 3.63) is 71.4 Å². The van der Waals surface area contributed by atoms with Crippen LogP contribution in [0.5, 0.6) is 5.75 Å². The van der Waals surface area contributed by atoms with Gasteiger partial charge in [0.05, 0.1) is 11.4 Å². The number of aryl methyl sites for hydroxylation is 1. The molecule has 1 unspecified atom stereocenters. The first kappa shape index (κ1) is 38.5. The van der Waals surface area contributed by atoms with Crippen molar-refractivity contribution in [2.45, 2.75) is 69.6 Å². The summed E-state index contributed by atoms with van der Waals surface area (Å²) >= 11 is 0. The van der Waals surface area contributed by atoms with Crippen molar-refractivity contribution in [1.82, 2.24) is 9.88 Å². The molecule has 2 fully saturated rings. The van der Waals surface area contributed by atoms with Crippen LogP contribution in [0.15, 0.2) is 54.6 Å². The number of aliphatic carboxylic acids is 3. The molecule has 5 N–H and O–H groups in total. The number of aromatic nitrogens is 1. The maximum Gasteiger partial charge on any atom is 0.490 e. The molecule has 0 spiro atoms. The van der Waals surface area contributed by atoms with Gasteiger partial charge in [0, 0.05) is 29.2 Å². The third-order valence-electron chi connectivity index (χ3n) is 8.02. The molecule has 2 aliphatic rings. The highest BCUT2D eigenvalue weighted by atomic mass is 19.4. The fourth-order valence-corrected chi connectivity index (χ4v) is 5.64. The van der Waals surface area contributed by atoms with E-state index in [-0.39, 0.29) is 11.9 Å². The number of ether oxygens (including phenoxy) is 1. The van der Waals surface area contributed by atoms with Crippen LogP contribution >= 0.6 is 0 Å². The van der Waals surface area contributed by atoms with Gasteiger partial charge >= 0.3 is 30.3 Å². The lowest BCUT2D eigenvalue weighted by Gasteiger charge is -2.36. The summed E-state index contributed by atoms with van der Waals surface area (Å²) in [6.07, 6.45) is -6.54. The second-order valence-electron chi connectivity index (χ2n) is 11.4. The number of benzene rings is 2. The SMILES string of the molecule is Cc1cc(COc2ccc(C3(N)CCN([C@H]4CCCC[C@@H]4C(=O)O)C3=O)cc2)c2ccccc2n1.O=C(O)C(F)(F)F.O=C(O)C(F)(F)F. The second-order valence-corrected chi connectivity index (χ2v) is 11.4. The fraction of sp³-hybridized carbons (Fsp3) is 0.406. The van der Waals surface area contributed by atoms with Crippen LogP contribution in [0.4, 0.5) is 26.3 Å².